The Labute approximate surface area is 173 Å². The number of benzene rings is 1. The second-order valence-corrected chi connectivity index (χ2v) is 20.6. The maximum atomic E-state index is 6.59. The largest absolute Gasteiger partial charge is 0.543 e. The first kappa shape index (κ1) is 23.3. The zero-order chi connectivity index (χ0) is 19.8. The molecule has 0 aliphatic heterocycles. The van der Waals surface area contributed by atoms with Gasteiger partial charge < -0.3 is 8.85 Å². The Kier molecular flexibility index (Phi) is 7.15. The monoisotopic (exact) mass is 508 g/mol. The van der Waals surface area contributed by atoms with Gasteiger partial charge in [-0.15, -0.1) is 0 Å². The summed E-state index contributed by atoms with van der Waals surface area (Å²) in [5.41, 5.74) is 1.16. The molecular weight excluding hydrogens is 476 g/mol. The molecule has 25 heavy (non-hydrogen) atoms. The van der Waals surface area contributed by atoms with Gasteiger partial charge in [0.2, 0.25) is 8.32 Å². The Morgan fingerprint density at radius 2 is 1.28 bits per heavy atom. The first-order chi connectivity index (χ1) is 11.0. The first-order valence-electron chi connectivity index (χ1n) is 8.78. The van der Waals surface area contributed by atoms with Gasteiger partial charge in [0.15, 0.2) is 0 Å². The lowest BCUT2D eigenvalue weighted by atomic mass is 10.2. The molecule has 0 fully saturated rings. The van der Waals surface area contributed by atoms with Crippen molar-refractivity contribution in [3.05, 3.63) is 22.2 Å². The molecule has 0 N–H and O–H groups in total. The van der Waals surface area contributed by atoms with Crippen molar-refractivity contribution in [1.29, 1.82) is 0 Å². The van der Waals surface area contributed by atoms with Crippen LogP contribution in [-0.4, -0.2) is 16.6 Å². The summed E-state index contributed by atoms with van der Waals surface area (Å²) in [5, 5.41) is 1.07. The maximum Gasteiger partial charge on any atom is 0.250 e. The number of rotatable bonds is 5. The van der Waals surface area contributed by atoms with Gasteiger partial charge in [-0.3, -0.25) is 0 Å². The Hall–Kier alpha value is 0.214. The van der Waals surface area contributed by atoms with Crippen molar-refractivity contribution in [2.45, 2.75) is 83.1 Å². The van der Waals surface area contributed by atoms with Crippen LogP contribution in [0.2, 0.25) is 36.3 Å². The van der Waals surface area contributed by atoms with E-state index in [1.807, 2.05) is 0 Å². The van der Waals surface area contributed by atoms with Gasteiger partial charge in [-0.05, 0) is 63.8 Å². The molecule has 0 aliphatic carbocycles. The van der Waals surface area contributed by atoms with Crippen LogP contribution < -0.4 is 8.85 Å². The van der Waals surface area contributed by atoms with E-state index in [1.54, 1.807) is 0 Å². The van der Waals surface area contributed by atoms with Crippen molar-refractivity contribution >= 4 is 48.5 Å². The molecule has 0 saturated carbocycles. The molecule has 0 unspecified atom stereocenters. The molecule has 0 spiro atoms. The number of hydrogen-bond donors (Lipinski definition) is 0. The highest BCUT2D eigenvalue weighted by Crippen LogP contribution is 2.44. The molecule has 6 heteroatoms. The quantitative estimate of drug-likeness (QED) is 0.294. The second-order valence-electron chi connectivity index (χ2n) is 9.75. The fraction of sp³-hybridized carbons (Fsp3) is 0.684. The van der Waals surface area contributed by atoms with Gasteiger partial charge >= 0.3 is 0 Å². The lowest BCUT2D eigenvalue weighted by Gasteiger charge is -2.38. The third kappa shape index (κ3) is 5.59. The van der Waals surface area contributed by atoms with Crippen molar-refractivity contribution < 1.29 is 8.85 Å². The molecule has 1 rings (SSSR count). The molecule has 0 bridgehead atoms. The Morgan fingerprint density at radius 1 is 0.840 bits per heavy atom. The van der Waals surface area contributed by atoms with Gasteiger partial charge in [0, 0.05) is 11.4 Å². The molecule has 144 valence electrons. The average Bonchev–Trinajstić information content (AvgIpc) is 2.38. The first-order valence-corrected chi connectivity index (χ1v) is 16.5. The van der Waals surface area contributed by atoms with E-state index < -0.39 is 16.6 Å². The van der Waals surface area contributed by atoms with Gasteiger partial charge in [0.05, 0.1) is 4.47 Å². The fourth-order valence-corrected chi connectivity index (χ4v) is 5.18. The molecule has 2 nitrogen and oxygen atoms in total. The third-order valence-corrected chi connectivity index (χ3v) is 15.8. The standard InChI is InChI=1S/C19H34Br2O2Si2/c1-18(2,3)24(7,8)22-15-11-14(13-20)17(21)16(12-15)23-25(9,10)19(4,5)6/h11-12H,13H2,1-10H3. The molecular formula is C19H34Br2O2Si2. The van der Waals surface area contributed by atoms with E-state index in [4.69, 9.17) is 8.85 Å². The van der Waals surface area contributed by atoms with E-state index in [0.29, 0.717) is 0 Å². The fourth-order valence-electron chi connectivity index (χ4n) is 1.73. The van der Waals surface area contributed by atoms with Crippen LogP contribution >= 0.6 is 31.9 Å². The molecule has 0 saturated heterocycles. The van der Waals surface area contributed by atoms with Crippen LogP contribution in [0.25, 0.3) is 0 Å². The highest BCUT2D eigenvalue weighted by atomic mass is 79.9. The predicted octanol–water partition coefficient (Wildman–Crippen LogP) is 8.11. The average molecular weight is 510 g/mol. The van der Waals surface area contributed by atoms with Crippen molar-refractivity contribution in [1.82, 2.24) is 0 Å². The molecule has 0 heterocycles. The zero-order valence-electron chi connectivity index (χ0n) is 17.4. The normalized spacial score (nSPS) is 13.8. The lowest BCUT2D eigenvalue weighted by Crippen LogP contribution is -2.44. The van der Waals surface area contributed by atoms with Crippen molar-refractivity contribution in [3.8, 4) is 11.5 Å². The van der Waals surface area contributed by atoms with Gasteiger partial charge in [0.1, 0.15) is 11.5 Å². The second kappa shape index (κ2) is 7.68. The van der Waals surface area contributed by atoms with E-state index in [-0.39, 0.29) is 10.1 Å². The van der Waals surface area contributed by atoms with Gasteiger partial charge in [-0.25, -0.2) is 0 Å². The van der Waals surface area contributed by atoms with E-state index >= 15 is 0 Å². The summed E-state index contributed by atoms with van der Waals surface area (Å²) in [6, 6.07) is 4.19. The molecule has 1 aromatic rings. The molecule has 0 atom stereocenters. The predicted molar refractivity (Wildman–Crippen MR) is 122 cm³/mol. The third-order valence-electron chi connectivity index (χ3n) is 5.58. The van der Waals surface area contributed by atoms with Crippen molar-refractivity contribution in [2.24, 2.45) is 0 Å². The van der Waals surface area contributed by atoms with Crippen LogP contribution in [0, 0.1) is 0 Å². The summed E-state index contributed by atoms with van der Waals surface area (Å²) in [7, 11) is -3.81. The Bertz CT molecular complexity index is 615. The van der Waals surface area contributed by atoms with Crippen LogP contribution in [0.5, 0.6) is 11.5 Å². The molecule has 0 aromatic heterocycles. The highest BCUT2D eigenvalue weighted by molar-refractivity contribution is 9.11. The van der Waals surface area contributed by atoms with Gasteiger partial charge in [-0.1, -0.05) is 57.5 Å². The number of hydrogen-bond acceptors (Lipinski definition) is 2. The molecule has 0 aliphatic rings. The topological polar surface area (TPSA) is 18.5 Å². The summed E-state index contributed by atoms with van der Waals surface area (Å²) in [6.07, 6.45) is 0. The van der Waals surface area contributed by atoms with E-state index in [9.17, 15) is 0 Å². The van der Waals surface area contributed by atoms with E-state index in [2.05, 4.69) is 112 Å². The minimum Gasteiger partial charge on any atom is -0.543 e. The van der Waals surface area contributed by atoms with Crippen LogP contribution in [0.15, 0.2) is 16.6 Å². The van der Waals surface area contributed by atoms with Crippen LogP contribution in [0.3, 0.4) is 0 Å². The van der Waals surface area contributed by atoms with Crippen molar-refractivity contribution in [3.63, 3.8) is 0 Å². The van der Waals surface area contributed by atoms with Crippen LogP contribution in [0.1, 0.15) is 47.1 Å². The lowest BCUT2D eigenvalue weighted by molar-refractivity contribution is 0.472. The van der Waals surface area contributed by atoms with E-state index in [0.717, 1.165) is 26.9 Å². The number of alkyl halides is 1. The molecule has 0 amide bonds. The summed E-state index contributed by atoms with van der Waals surface area (Å²) in [6.45, 7) is 22.7. The van der Waals surface area contributed by atoms with Gasteiger partial charge in [0.25, 0.3) is 8.32 Å². The smallest absolute Gasteiger partial charge is 0.250 e. The minimum absolute atomic E-state index is 0.150. The zero-order valence-corrected chi connectivity index (χ0v) is 22.6. The van der Waals surface area contributed by atoms with Gasteiger partial charge in [-0.2, -0.15) is 0 Å². The SMILES string of the molecule is CC(C)(C)[Si](C)(C)Oc1cc(CBr)c(Br)c(O[Si](C)(C)C(C)(C)C)c1. The van der Waals surface area contributed by atoms with Crippen LogP contribution in [0.4, 0.5) is 0 Å². The maximum absolute atomic E-state index is 6.59. The van der Waals surface area contributed by atoms with Crippen molar-refractivity contribution in [2.75, 3.05) is 0 Å². The Balaban J connectivity index is 3.33. The van der Waals surface area contributed by atoms with Crippen LogP contribution in [-0.2, 0) is 5.33 Å². The molecule has 1 aromatic carbocycles. The molecule has 0 radical (unpaired) electrons. The highest BCUT2D eigenvalue weighted by Gasteiger charge is 2.41. The minimum atomic E-state index is -1.92. The summed E-state index contributed by atoms with van der Waals surface area (Å²) < 4.78 is 14.1. The summed E-state index contributed by atoms with van der Waals surface area (Å²) in [4.78, 5) is 0. The summed E-state index contributed by atoms with van der Waals surface area (Å²) in [5.74, 6) is 1.82. The summed E-state index contributed by atoms with van der Waals surface area (Å²) >= 11 is 7.33. The Morgan fingerprint density at radius 3 is 1.68 bits per heavy atom. The van der Waals surface area contributed by atoms with E-state index in [1.165, 1.54) is 0 Å². The number of halogens is 2.